The average molecular weight is 476 g/mol. The van der Waals surface area contributed by atoms with E-state index < -0.39 is 31.9 Å². The quantitative estimate of drug-likeness (QED) is 0.541. The molecule has 1 aliphatic rings. The zero-order valence-corrected chi connectivity index (χ0v) is 19.3. The van der Waals surface area contributed by atoms with Gasteiger partial charge in [-0.1, -0.05) is 5.16 Å². The molecule has 1 aliphatic heterocycles. The average Bonchev–Trinajstić information content (AvgIpc) is 3.33. The summed E-state index contributed by atoms with van der Waals surface area (Å²) in [5, 5.41) is 3.44. The Labute approximate surface area is 181 Å². The molecule has 2 aromatic heterocycles. The highest BCUT2D eigenvalue weighted by molar-refractivity contribution is 7.89. The molecule has 0 bridgehead atoms. The van der Waals surface area contributed by atoms with Crippen LogP contribution in [-0.2, 0) is 36.2 Å². The third kappa shape index (κ3) is 4.68. The van der Waals surface area contributed by atoms with E-state index in [1.165, 1.54) is 37.5 Å². The van der Waals surface area contributed by atoms with Gasteiger partial charge in [0.15, 0.2) is 5.76 Å². The van der Waals surface area contributed by atoms with Crippen LogP contribution in [0.3, 0.4) is 0 Å². The van der Waals surface area contributed by atoms with E-state index in [9.17, 15) is 21.6 Å². The van der Waals surface area contributed by atoms with Gasteiger partial charge in [-0.05, 0) is 38.8 Å². The Balaban J connectivity index is 1.65. The maximum absolute atomic E-state index is 13.0. The Morgan fingerprint density at radius 1 is 1.26 bits per heavy atom. The third-order valence-electron chi connectivity index (χ3n) is 5.01. The van der Waals surface area contributed by atoms with Gasteiger partial charge in [0.2, 0.25) is 15.1 Å². The van der Waals surface area contributed by atoms with Crippen molar-refractivity contribution in [3.05, 3.63) is 29.3 Å². The molecule has 172 valence electrons. The van der Waals surface area contributed by atoms with Crippen molar-refractivity contribution in [2.45, 2.75) is 43.3 Å². The minimum Gasteiger partial charge on any atom is -0.457 e. The molecule has 1 saturated heterocycles. The van der Waals surface area contributed by atoms with Crippen LogP contribution in [-0.4, -0.2) is 63.8 Å². The second-order valence-electron chi connectivity index (χ2n) is 7.47. The summed E-state index contributed by atoms with van der Waals surface area (Å²) in [6.45, 7) is 3.07. The second kappa shape index (κ2) is 8.73. The molecule has 2 aromatic rings. The number of hydrogen-bond acceptors (Lipinski definition) is 9. The van der Waals surface area contributed by atoms with Crippen molar-refractivity contribution in [3.63, 3.8) is 0 Å². The fourth-order valence-corrected chi connectivity index (χ4v) is 5.97. The van der Waals surface area contributed by atoms with Crippen LogP contribution in [0.2, 0.25) is 0 Å². The van der Waals surface area contributed by atoms with Crippen LogP contribution in [0, 0.1) is 19.8 Å². The van der Waals surface area contributed by atoms with E-state index in [2.05, 4.69) is 5.16 Å². The molecule has 1 fully saturated rings. The lowest BCUT2D eigenvalue weighted by Crippen LogP contribution is -2.43. The first-order valence-corrected chi connectivity index (χ1v) is 12.4. The van der Waals surface area contributed by atoms with Gasteiger partial charge in [-0.3, -0.25) is 4.79 Å². The molecule has 0 spiro atoms. The van der Waals surface area contributed by atoms with E-state index >= 15 is 0 Å². The van der Waals surface area contributed by atoms with Crippen LogP contribution >= 0.6 is 0 Å². The topological polar surface area (TPSA) is 140 Å². The number of aryl methyl sites for hydroxylation is 2. The first-order chi connectivity index (χ1) is 14.4. The summed E-state index contributed by atoms with van der Waals surface area (Å²) in [6.07, 6.45) is 0.971. The van der Waals surface area contributed by atoms with E-state index in [4.69, 9.17) is 13.7 Å². The van der Waals surface area contributed by atoms with Crippen molar-refractivity contribution >= 4 is 26.0 Å². The second-order valence-corrected chi connectivity index (χ2v) is 11.4. The summed E-state index contributed by atoms with van der Waals surface area (Å²) in [5.41, 5.74) is 0.267. The zero-order chi connectivity index (χ0) is 23.0. The molecule has 13 heteroatoms. The van der Waals surface area contributed by atoms with Crippen molar-refractivity contribution in [1.82, 2.24) is 13.8 Å². The fraction of sp³-hybridized carbons (Fsp3) is 0.556. The largest absolute Gasteiger partial charge is 0.457 e. The number of sulfonamides is 2. The molecular weight excluding hydrogens is 450 g/mol. The number of carbonyl (C=O) groups excluding carboxylic acids is 1. The zero-order valence-electron chi connectivity index (χ0n) is 17.7. The first kappa shape index (κ1) is 23.4. The van der Waals surface area contributed by atoms with Gasteiger partial charge in [0.1, 0.15) is 23.0 Å². The van der Waals surface area contributed by atoms with Gasteiger partial charge >= 0.3 is 5.97 Å². The van der Waals surface area contributed by atoms with Crippen LogP contribution in [0.4, 0.5) is 0 Å². The molecular formula is C18H25N3O8S2. The number of hydrogen-bond donors (Lipinski definition) is 0. The van der Waals surface area contributed by atoms with Gasteiger partial charge in [-0.2, -0.15) is 4.31 Å². The highest BCUT2D eigenvalue weighted by Gasteiger charge is 2.37. The van der Waals surface area contributed by atoms with E-state index in [1.54, 1.807) is 6.92 Å². The molecule has 3 rings (SSSR count). The SMILES string of the molecule is Cc1noc(C)c1S(=O)(=O)N1CCCC(C(=O)OCc2ccc(S(=O)(=O)N(C)C)o2)C1. The molecule has 0 aromatic carbocycles. The predicted octanol–water partition coefficient (Wildman–Crippen LogP) is 1.28. The van der Waals surface area contributed by atoms with Crippen LogP contribution in [0.1, 0.15) is 30.1 Å². The number of aromatic nitrogens is 1. The van der Waals surface area contributed by atoms with E-state index in [0.29, 0.717) is 12.8 Å². The molecule has 0 radical (unpaired) electrons. The number of rotatable bonds is 7. The summed E-state index contributed by atoms with van der Waals surface area (Å²) in [7, 11) is -4.83. The van der Waals surface area contributed by atoms with Gasteiger partial charge in [0, 0.05) is 27.2 Å². The smallest absolute Gasteiger partial charge is 0.310 e. The molecule has 0 N–H and O–H groups in total. The van der Waals surface area contributed by atoms with Gasteiger partial charge in [-0.25, -0.2) is 21.1 Å². The monoisotopic (exact) mass is 475 g/mol. The minimum atomic E-state index is -3.86. The fourth-order valence-electron chi connectivity index (χ4n) is 3.34. The van der Waals surface area contributed by atoms with Crippen LogP contribution in [0.5, 0.6) is 0 Å². The van der Waals surface area contributed by atoms with Gasteiger partial charge in [0.05, 0.1) is 5.92 Å². The molecule has 0 amide bonds. The van der Waals surface area contributed by atoms with E-state index in [1.807, 2.05) is 0 Å². The van der Waals surface area contributed by atoms with Crippen LogP contribution in [0.15, 0.2) is 31.1 Å². The van der Waals surface area contributed by atoms with Crippen LogP contribution < -0.4 is 0 Å². The summed E-state index contributed by atoms with van der Waals surface area (Å²) in [6, 6.07) is 2.70. The summed E-state index contributed by atoms with van der Waals surface area (Å²) < 4.78 is 67.8. The maximum atomic E-state index is 13.0. The number of furan rings is 1. The van der Waals surface area contributed by atoms with Crippen molar-refractivity contribution in [3.8, 4) is 0 Å². The Morgan fingerprint density at radius 2 is 1.97 bits per heavy atom. The van der Waals surface area contributed by atoms with E-state index in [-0.39, 0.29) is 46.9 Å². The summed E-state index contributed by atoms with van der Waals surface area (Å²) in [5.74, 6) is -0.857. The Hall–Kier alpha value is -2.22. The van der Waals surface area contributed by atoms with E-state index in [0.717, 1.165) is 4.31 Å². The van der Waals surface area contributed by atoms with Gasteiger partial charge in [0.25, 0.3) is 10.0 Å². The number of carbonyl (C=O) groups is 1. The van der Waals surface area contributed by atoms with Gasteiger partial charge < -0.3 is 13.7 Å². The van der Waals surface area contributed by atoms with Crippen molar-refractivity contribution in [2.75, 3.05) is 27.2 Å². The third-order valence-corrected chi connectivity index (χ3v) is 8.81. The minimum absolute atomic E-state index is 0.0201. The Morgan fingerprint density at radius 3 is 2.58 bits per heavy atom. The molecule has 0 aliphatic carbocycles. The lowest BCUT2D eigenvalue weighted by molar-refractivity contribution is -0.151. The molecule has 0 saturated carbocycles. The molecule has 1 unspecified atom stereocenters. The number of piperidine rings is 1. The highest BCUT2D eigenvalue weighted by atomic mass is 32.2. The Bertz CT molecular complexity index is 1140. The summed E-state index contributed by atoms with van der Waals surface area (Å²) in [4.78, 5) is 12.6. The predicted molar refractivity (Wildman–Crippen MR) is 107 cm³/mol. The maximum Gasteiger partial charge on any atom is 0.310 e. The lowest BCUT2D eigenvalue weighted by atomic mass is 10.00. The number of ether oxygens (including phenoxy) is 1. The first-order valence-electron chi connectivity index (χ1n) is 9.55. The van der Waals surface area contributed by atoms with Gasteiger partial charge in [-0.15, -0.1) is 0 Å². The molecule has 11 nitrogen and oxygen atoms in total. The Kier molecular flexibility index (Phi) is 6.60. The lowest BCUT2D eigenvalue weighted by Gasteiger charge is -2.30. The van der Waals surface area contributed by atoms with Crippen LogP contribution in [0.25, 0.3) is 0 Å². The molecule has 1 atom stereocenters. The van der Waals surface area contributed by atoms with Crippen molar-refractivity contribution in [2.24, 2.45) is 5.92 Å². The molecule has 3 heterocycles. The van der Waals surface area contributed by atoms with Crippen molar-refractivity contribution < 1.29 is 35.3 Å². The van der Waals surface area contributed by atoms with Crippen molar-refractivity contribution in [1.29, 1.82) is 0 Å². The standard InChI is InChI=1S/C18H25N3O8S2/c1-12-17(13(2)29-19-12)31(25,26)21-9-5-6-14(10-21)18(22)27-11-15-7-8-16(28-15)30(23,24)20(3)4/h7-8,14H,5-6,9-11H2,1-4H3. The number of esters is 1. The molecule has 31 heavy (non-hydrogen) atoms. The normalized spacial score (nSPS) is 18.4. The highest BCUT2D eigenvalue weighted by Crippen LogP contribution is 2.28. The number of nitrogens with zero attached hydrogens (tertiary/aromatic N) is 3. The summed E-state index contributed by atoms with van der Waals surface area (Å²) >= 11 is 0.